The smallest absolute Gasteiger partial charge is 0.263 e. The number of rotatable bonds is 3. The molecule has 4 nitrogen and oxygen atoms in total. The first-order chi connectivity index (χ1) is 9.29. The Kier molecular flexibility index (Phi) is 3.09. The molecule has 1 aromatic rings. The first-order valence-electron chi connectivity index (χ1n) is 6.56. The summed E-state index contributed by atoms with van der Waals surface area (Å²) in [4.78, 5) is 12.0. The Labute approximate surface area is 112 Å². The Morgan fingerprint density at radius 2 is 2.16 bits per heavy atom. The summed E-state index contributed by atoms with van der Waals surface area (Å²) in [5, 5.41) is 3.21. The summed E-state index contributed by atoms with van der Waals surface area (Å²) in [7, 11) is 0. The highest BCUT2D eigenvalue weighted by Gasteiger charge is 2.28. The molecule has 98 valence electrons. The lowest BCUT2D eigenvalue weighted by molar-refractivity contribution is -0.117. The fourth-order valence-electron chi connectivity index (χ4n) is 2.42. The van der Waals surface area contributed by atoms with Crippen LogP contribution in [0.1, 0.15) is 30.4 Å². The molecular formula is C15H17N3O. The lowest BCUT2D eigenvalue weighted by Gasteiger charge is -2.19. The van der Waals surface area contributed by atoms with Gasteiger partial charge >= 0.3 is 0 Å². The number of hydrogen-bond acceptors (Lipinski definition) is 3. The zero-order chi connectivity index (χ0) is 13.2. The highest BCUT2D eigenvalue weighted by atomic mass is 16.2. The van der Waals surface area contributed by atoms with Gasteiger partial charge in [-0.2, -0.15) is 0 Å². The fraction of sp³-hybridized carbons (Fsp3) is 0.267. The van der Waals surface area contributed by atoms with E-state index in [1.54, 1.807) is 0 Å². The lowest BCUT2D eigenvalue weighted by atomic mass is 9.95. The Balaban J connectivity index is 2.06. The van der Waals surface area contributed by atoms with Crippen molar-refractivity contribution in [3.63, 3.8) is 0 Å². The maximum Gasteiger partial charge on any atom is 0.263 e. The SMILES string of the molecule is NNC(=O)/C(CC1CC1)=C1\NC=Cc2ccccc21. The minimum absolute atomic E-state index is 0.195. The van der Waals surface area contributed by atoms with Crippen molar-refractivity contribution in [3.8, 4) is 0 Å². The summed E-state index contributed by atoms with van der Waals surface area (Å²) in [5.74, 6) is 5.75. The molecule has 0 atom stereocenters. The van der Waals surface area contributed by atoms with Gasteiger partial charge in [-0.25, -0.2) is 5.84 Å². The molecule has 1 aromatic carbocycles. The van der Waals surface area contributed by atoms with Gasteiger partial charge in [0.15, 0.2) is 0 Å². The summed E-state index contributed by atoms with van der Waals surface area (Å²) in [6.45, 7) is 0. The van der Waals surface area contributed by atoms with Gasteiger partial charge < -0.3 is 5.32 Å². The molecule has 1 saturated carbocycles. The van der Waals surface area contributed by atoms with Gasteiger partial charge in [-0.1, -0.05) is 24.3 Å². The predicted octanol–water partition coefficient (Wildman–Crippen LogP) is 1.76. The van der Waals surface area contributed by atoms with Crippen molar-refractivity contribution in [2.24, 2.45) is 11.8 Å². The number of hydrazine groups is 1. The minimum atomic E-state index is -0.195. The van der Waals surface area contributed by atoms with Gasteiger partial charge in [0.2, 0.25) is 0 Å². The second-order valence-corrected chi connectivity index (χ2v) is 5.04. The molecule has 1 heterocycles. The second-order valence-electron chi connectivity index (χ2n) is 5.04. The second kappa shape index (κ2) is 4.90. The summed E-state index contributed by atoms with van der Waals surface area (Å²) >= 11 is 0. The first kappa shape index (κ1) is 12.0. The molecule has 1 aliphatic heterocycles. The summed E-state index contributed by atoms with van der Waals surface area (Å²) in [6.07, 6.45) is 7.06. The van der Waals surface area contributed by atoms with E-state index < -0.39 is 0 Å². The van der Waals surface area contributed by atoms with E-state index in [2.05, 4.69) is 10.7 Å². The van der Waals surface area contributed by atoms with Crippen LogP contribution in [0.15, 0.2) is 36.0 Å². The number of carbonyl (C=O) groups is 1. The van der Waals surface area contributed by atoms with E-state index in [1.807, 2.05) is 36.5 Å². The molecule has 1 aliphatic carbocycles. The van der Waals surface area contributed by atoms with Crippen LogP contribution in [0.4, 0.5) is 0 Å². The van der Waals surface area contributed by atoms with Crippen LogP contribution in [0.5, 0.6) is 0 Å². The van der Waals surface area contributed by atoms with Gasteiger partial charge in [-0.05, 0) is 36.8 Å². The van der Waals surface area contributed by atoms with Gasteiger partial charge in [-0.3, -0.25) is 10.2 Å². The summed E-state index contributed by atoms with van der Waals surface area (Å²) < 4.78 is 0. The molecule has 2 aliphatic rings. The quantitative estimate of drug-likeness (QED) is 0.334. The van der Waals surface area contributed by atoms with Crippen molar-refractivity contribution < 1.29 is 4.79 Å². The molecule has 3 rings (SSSR count). The molecule has 0 radical (unpaired) electrons. The van der Waals surface area contributed by atoms with Gasteiger partial charge in [0.1, 0.15) is 0 Å². The fourth-order valence-corrected chi connectivity index (χ4v) is 2.42. The third-order valence-corrected chi connectivity index (χ3v) is 3.62. The molecule has 0 bridgehead atoms. The van der Waals surface area contributed by atoms with Crippen molar-refractivity contribution in [2.45, 2.75) is 19.3 Å². The van der Waals surface area contributed by atoms with E-state index in [0.717, 1.165) is 28.8 Å². The Morgan fingerprint density at radius 1 is 1.37 bits per heavy atom. The van der Waals surface area contributed by atoms with Crippen molar-refractivity contribution in [3.05, 3.63) is 47.2 Å². The van der Waals surface area contributed by atoms with E-state index in [1.165, 1.54) is 12.8 Å². The van der Waals surface area contributed by atoms with E-state index in [0.29, 0.717) is 5.92 Å². The highest BCUT2D eigenvalue weighted by Crippen LogP contribution is 2.37. The third-order valence-electron chi connectivity index (χ3n) is 3.62. The number of hydrogen-bond donors (Lipinski definition) is 3. The molecule has 0 aromatic heterocycles. The van der Waals surface area contributed by atoms with Crippen molar-refractivity contribution in [1.29, 1.82) is 0 Å². The number of nitrogens with one attached hydrogen (secondary N) is 2. The topological polar surface area (TPSA) is 67.1 Å². The van der Waals surface area contributed by atoms with Gasteiger partial charge in [-0.15, -0.1) is 0 Å². The minimum Gasteiger partial charge on any atom is -0.361 e. The largest absolute Gasteiger partial charge is 0.361 e. The first-order valence-corrected chi connectivity index (χ1v) is 6.56. The molecule has 0 saturated heterocycles. The molecule has 1 amide bonds. The molecule has 19 heavy (non-hydrogen) atoms. The van der Waals surface area contributed by atoms with E-state index in [-0.39, 0.29) is 5.91 Å². The van der Waals surface area contributed by atoms with Crippen molar-refractivity contribution >= 4 is 17.7 Å². The van der Waals surface area contributed by atoms with Crippen molar-refractivity contribution in [1.82, 2.24) is 10.7 Å². The van der Waals surface area contributed by atoms with Crippen LogP contribution in [0.2, 0.25) is 0 Å². The number of benzene rings is 1. The number of amides is 1. The number of nitrogens with two attached hydrogens (primary N) is 1. The summed E-state index contributed by atoms with van der Waals surface area (Å²) in [6, 6.07) is 8.05. The summed E-state index contributed by atoms with van der Waals surface area (Å²) in [5.41, 5.74) is 6.08. The van der Waals surface area contributed by atoms with Crippen LogP contribution in [0.25, 0.3) is 11.8 Å². The predicted molar refractivity (Wildman–Crippen MR) is 75.2 cm³/mol. The lowest BCUT2D eigenvalue weighted by Crippen LogP contribution is -2.33. The molecule has 4 N–H and O–H groups in total. The number of carbonyl (C=O) groups excluding carboxylic acids is 1. The molecule has 0 spiro atoms. The highest BCUT2D eigenvalue weighted by molar-refractivity contribution is 6.02. The average Bonchev–Trinajstić information content (AvgIpc) is 3.27. The van der Waals surface area contributed by atoms with Crippen LogP contribution in [-0.2, 0) is 4.79 Å². The van der Waals surface area contributed by atoms with Crippen LogP contribution in [0.3, 0.4) is 0 Å². The molecule has 0 unspecified atom stereocenters. The maximum atomic E-state index is 12.0. The average molecular weight is 255 g/mol. The normalized spacial score (nSPS) is 19.4. The standard InChI is InChI=1S/C15H17N3O/c16-18-15(19)13(9-10-5-6-10)14-12-4-2-1-3-11(12)7-8-17-14/h1-4,7-8,10,17H,5-6,9,16H2,(H,18,19)/b14-13-. The van der Waals surface area contributed by atoms with Crippen LogP contribution in [-0.4, -0.2) is 5.91 Å². The zero-order valence-electron chi connectivity index (χ0n) is 10.6. The molecule has 4 heteroatoms. The Morgan fingerprint density at radius 3 is 2.89 bits per heavy atom. The van der Waals surface area contributed by atoms with E-state index in [4.69, 9.17) is 5.84 Å². The Bertz CT molecular complexity index is 571. The van der Waals surface area contributed by atoms with Crippen LogP contribution >= 0.6 is 0 Å². The number of fused-ring (bicyclic) bond motifs is 1. The van der Waals surface area contributed by atoms with Gasteiger partial charge in [0, 0.05) is 17.3 Å². The van der Waals surface area contributed by atoms with E-state index in [9.17, 15) is 4.79 Å². The monoisotopic (exact) mass is 255 g/mol. The third kappa shape index (κ3) is 2.39. The maximum absolute atomic E-state index is 12.0. The van der Waals surface area contributed by atoms with Crippen molar-refractivity contribution in [2.75, 3.05) is 0 Å². The zero-order valence-corrected chi connectivity index (χ0v) is 10.6. The van der Waals surface area contributed by atoms with Crippen LogP contribution < -0.4 is 16.6 Å². The molecular weight excluding hydrogens is 238 g/mol. The molecule has 1 fully saturated rings. The van der Waals surface area contributed by atoms with E-state index >= 15 is 0 Å². The van der Waals surface area contributed by atoms with Crippen LogP contribution in [0, 0.1) is 5.92 Å². The van der Waals surface area contributed by atoms with Gasteiger partial charge in [0.05, 0.1) is 5.70 Å². The Hall–Kier alpha value is -2.07. The van der Waals surface area contributed by atoms with Gasteiger partial charge in [0.25, 0.3) is 5.91 Å².